The standard InChI is InChI=1S/C20H19FN4O/c1-13-4-3-5-17(14(13)2)24-20-22-11-10-18(25-20)19(26)23-12-15-6-8-16(21)9-7-15/h3-11H,12H2,1-2H3,(H,23,26)(H,22,24,25). The fraction of sp³-hybridized carbons (Fsp3) is 0.150. The van der Waals surface area contributed by atoms with Gasteiger partial charge < -0.3 is 10.6 Å². The molecule has 0 spiro atoms. The molecule has 5 nitrogen and oxygen atoms in total. The highest BCUT2D eigenvalue weighted by Gasteiger charge is 2.10. The molecule has 0 unspecified atom stereocenters. The van der Waals surface area contributed by atoms with Gasteiger partial charge >= 0.3 is 0 Å². The number of hydrogen-bond acceptors (Lipinski definition) is 4. The second-order valence-electron chi connectivity index (χ2n) is 5.95. The van der Waals surface area contributed by atoms with Gasteiger partial charge in [-0.1, -0.05) is 24.3 Å². The molecule has 0 aliphatic heterocycles. The summed E-state index contributed by atoms with van der Waals surface area (Å²) in [5, 5.41) is 5.91. The number of rotatable bonds is 5. The van der Waals surface area contributed by atoms with Crippen LogP contribution in [0.25, 0.3) is 0 Å². The van der Waals surface area contributed by atoms with Crippen LogP contribution in [0.4, 0.5) is 16.0 Å². The highest BCUT2D eigenvalue weighted by atomic mass is 19.1. The Labute approximate surface area is 151 Å². The van der Waals surface area contributed by atoms with Crippen LogP contribution in [0.2, 0.25) is 0 Å². The van der Waals surface area contributed by atoms with E-state index in [4.69, 9.17) is 0 Å². The number of benzene rings is 2. The van der Waals surface area contributed by atoms with Crippen molar-refractivity contribution in [2.45, 2.75) is 20.4 Å². The van der Waals surface area contributed by atoms with Crippen molar-refractivity contribution in [3.8, 4) is 0 Å². The molecule has 0 bridgehead atoms. The second-order valence-corrected chi connectivity index (χ2v) is 5.95. The summed E-state index contributed by atoms with van der Waals surface area (Å²) in [6.45, 7) is 4.33. The number of nitrogens with one attached hydrogen (secondary N) is 2. The lowest BCUT2D eigenvalue weighted by molar-refractivity contribution is 0.0946. The third kappa shape index (κ3) is 4.22. The van der Waals surface area contributed by atoms with E-state index in [1.54, 1.807) is 18.2 Å². The number of aromatic nitrogens is 2. The normalized spacial score (nSPS) is 10.4. The molecule has 2 aromatic carbocycles. The van der Waals surface area contributed by atoms with E-state index in [0.29, 0.717) is 12.5 Å². The Morgan fingerprint density at radius 1 is 1.08 bits per heavy atom. The SMILES string of the molecule is Cc1cccc(Nc2nccc(C(=O)NCc3ccc(F)cc3)n2)c1C. The van der Waals surface area contributed by atoms with Gasteiger partial charge in [0.25, 0.3) is 5.91 Å². The maximum absolute atomic E-state index is 12.9. The van der Waals surface area contributed by atoms with E-state index in [1.807, 2.05) is 32.0 Å². The average Bonchev–Trinajstić information content (AvgIpc) is 2.65. The van der Waals surface area contributed by atoms with Crippen molar-refractivity contribution in [1.82, 2.24) is 15.3 Å². The van der Waals surface area contributed by atoms with E-state index in [0.717, 1.165) is 22.4 Å². The zero-order valence-corrected chi connectivity index (χ0v) is 14.6. The summed E-state index contributed by atoms with van der Waals surface area (Å²) in [6, 6.07) is 13.4. The lowest BCUT2D eigenvalue weighted by Crippen LogP contribution is -2.24. The Bertz CT molecular complexity index is 925. The largest absolute Gasteiger partial charge is 0.347 e. The smallest absolute Gasteiger partial charge is 0.270 e. The lowest BCUT2D eigenvalue weighted by atomic mass is 10.1. The first-order valence-electron chi connectivity index (χ1n) is 8.22. The van der Waals surface area contributed by atoms with Crippen LogP contribution in [0.5, 0.6) is 0 Å². The Balaban J connectivity index is 1.69. The number of nitrogens with zero attached hydrogens (tertiary/aromatic N) is 2. The van der Waals surface area contributed by atoms with E-state index in [2.05, 4.69) is 20.6 Å². The van der Waals surface area contributed by atoms with Gasteiger partial charge in [0.15, 0.2) is 0 Å². The minimum Gasteiger partial charge on any atom is -0.347 e. The molecule has 6 heteroatoms. The zero-order valence-electron chi connectivity index (χ0n) is 14.6. The first-order valence-corrected chi connectivity index (χ1v) is 8.22. The van der Waals surface area contributed by atoms with Crippen LogP contribution in [-0.2, 0) is 6.54 Å². The van der Waals surface area contributed by atoms with Crippen molar-refractivity contribution < 1.29 is 9.18 Å². The number of carbonyl (C=O) groups is 1. The number of aryl methyl sites for hydroxylation is 1. The number of amides is 1. The molecule has 3 aromatic rings. The summed E-state index contributed by atoms with van der Waals surface area (Å²) in [6.07, 6.45) is 1.53. The van der Waals surface area contributed by atoms with Crippen LogP contribution < -0.4 is 10.6 Å². The van der Waals surface area contributed by atoms with Gasteiger partial charge in [-0.05, 0) is 54.8 Å². The lowest BCUT2D eigenvalue weighted by Gasteiger charge is -2.11. The minimum atomic E-state index is -0.319. The topological polar surface area (TPSA) is 66.9 Å². The maximum Gasteiger partial charge on any atom is 0.270 e. The molecule has 26 heavy (non-hydrogen) atoms. The van der Waals surface area contributed by atoms with E-state index < -0.39 is 0 Å². The van der Waals surface area contributed by atoms with Crippen LogP contribution in [-0.4, -0.2) is 15.9 Å². The highest BCUT2D eigenvalue weighted by molar-refractivity contribution is 5.92. The third-order valence-corrected chi connectivity index (χ3v) is 4.11. The van der Waals surface area contributed by atoms with E-state index in [-0.39, 0.29) is 17.4 Å². The van der Waals surface area contributed by atoms with Crippen LogP contribution >= 0.6 is 0 Å². The van der Waals surface area contributed by atoms with Crippen molar-refractivity contribution in [1.29, 1.82) is 0 Å². The van der Waals surface area contributed by atoms with Crippen molar-refractivity contribution in [2.24, 2.45) is 0 Å². The van der Waals surface area contributed by atoms with Crippen molar-refractivity contribution >= 4 is 17.5 Å². The van der Waals surface area contributed by atoms with E-state index in [9.17, 15) is 9.18 Å². The van der Waals surface area contributed by atoms with Crippen LogP contribution in [0.1, 0.15) is 27.2 Å². The van der Waals surface area contributed by atoms with Gasteiger partial charge in [0.05, 0.1) is 0 Å². The molecule has 0 atom stereocenters. The van der Waals surface area contributed by atoms with Gasteiger partial charge in [-0.25, -0.2) is 14.4 Å². The Morgan fingerprint density at radius 3 is 2.62 bits per heavy atom. The number of halogens is 1. The molecule has 1 amide bonds. The minimum absolute atomic E-state index is 0.259. The third-order valence-electron chi connectivity index (χ3n) is 4.11. The Hall–Kier alpha value is -3.28. The first-order chi connectivity index (χ1) is 12.5. The first kappa shape index (κ1) is 17.5. The number of carbonyl (C=O) groups excluding carboxylic acids is 1. The molecule has 0 saturated carbocycles. The summed E-state index contributed by atoms with van der Waals surface area (Å²) in [4.78, 5) is 20.8. The van der Waals surface area contributed by atoms with Gasteiger partial charge in [-0.15, -0.1) is 0 Å². The Kier molecular flexibility index (Phi) is 5.22. The molecule has 0 aliphatic carbocycles. The summed E-state index contributed by atoms with van der Waals surface area (Å²) >= 11 is 0. The molecule has 0 fully saturated rings. The van der Waals surface area contributed by atoms with Gasteiger partial charge in [0, 0.05) is 18.4 Å². The maximum atomic E-state index is 12.9. The molecule has 2 N–H and O–H groups in total. The van der Waals surface area contributed by atoms with Crippen LogP contribution in [0.15, 0.2) is 54.7 Å². The molecule has 3 rings (SSSR count). The van der Waals surface area contributed by atoms with Crippen molar-refractivity contribution in [2.75, 3.05) is 5.32 Å². The predicted octanol–water partition coefficient (Wildman–Crippen LogP) is 3.91. The van der Waals surface area contributed by atoms with Gasteiger partial charge in [0.1, 0.15) is 11.5 Å². The summed E-state index contributed by atoms with van der Waals surface area (Å²) in [7, 11) is 0. The van der Waals surface area contributed by atoms with Gasteiger partial charge in [0.2, 0.25) is 5.95 Å². The van der Waals surface area contributed by atoms with Gasteiger partial charge in [-0.3, -0.25) is 4.79 Å². The molecule has 132 valence electrons. The van der Waals surface area contributed by atoms with Crippen molar-refractivity contribution in [3.05, 3.63) is 82.9 Å². The van der Waals surface area contributed by atoms with Crippen molar-refractivity contribution in [3.63, 3.8) is 0 Å². The molecular formula is C20H19FN4O. The second kappa shape index (κ2) is 7.74. The molecule has 1 heterocycles. The van der Waals surface area contributed by atoms with Crippen LogP contribution in [0, 0.1) is 19.7 Å². The number of anilines is 2. The summed E-state index contributed by atoms with van der Waals surface area (Å²) in [5.74, 6) is -0.271. The monoisotopic (exact) mass is 350 g/mol. The average molecular weight is 350 g/mol. The Morgan fingerprint density at radius 2 is 1.85 bits per heavy atom. The van der Waals surface area contributed by atoms with E-state index >= 15 is 0 Å². The zero-order chi connectivity index (χ0) is 18.5. The number of hydrogen-bond donors (Lipinski definition) is 2. The molecule has 1 aromatic heterocycles. The fourth-order valence-corrected chi connectivity index (χ4v) is 2.43. The predicted molar refractivity (Wildman–Crippen MR) is 98.8 cm³/mol. The quantitative estimate of drug-likeness (QED) is 0.732. The molecule has 0 aliphatic rings. The van der Waals surface area contributed by atoms with Crippen LogP contribution in [0.3, 0.4) is 0 Å². The van der Waals surface area contributed by atoms with E-state index in [1.165, 1.54) is 18.3 Å². The molecule has 0 radical (unpaired) electrons. The summed E-state index contributed by atoms with van der Waals surface area (Å²) < 4.78 is 12.9. The fourth-order valence-electron chi connectivity index (χ4n) is 2.43. The molecule has 0 saturated heterocycles. The highest BCUT2D eigenvalue weighted by Crippen LogP contribution is 2.20. The molecular weight excluding hydrogens is 331 g/mol. The van der Waals surface area contributed by atoms with Gasteiger partial charge in [-0.2, -0.15) is 0 Å². The summed E-state index contributed by atoms with van der Waals surface area (Å²) in [5.41, 5.74) is 4.22.